The maximum atomic E-state index is 12.5. The summed E-state index contributed by atoms with van der Waals surface area (Å²) in [6, 6.07) is 9.85. The lowest BCUT2D eigenvalue weighted by Gasteiger charge is -2.10. The number of phenolic OH excluding ortho intramolecular Hbond substituents is 1. The second-order valence-electron chi connectivity index (χ2n) is 6.22. The van der Waals surface area contributed by atoms with E-state index < -0.39 is 5.97 Å². The van der Waals surface area contributed by atoms with Crippen LogP contribution in [0.2, 0.25) is 5.02 Å². The number of ether oxygens (including phenoxy) is 3. The van der Waals surface area contributed by atoms with Crippen molar-refractivity contribution in [1.29, 1.82) is 0 Å². The van der Waals surface area contributed by atoms with Crippen LogP contribution in [0.3, 0.4) is 0 Å². The van der Waals surface area contributed by atoms with Crippen LogP contribution in [0.15, 0.2) is 57.6 Å². The largest absolute Gasteiger partial charge is 0.506 e. The van der Waals surface area contributed by atoms with Gasteiger partial charge in [-0.15, -0.1) is 0 Å². The number of benzene rings is 2. The molecule has 0 radical (unpaired) electrons. The van der Waals surface area contributed by atoms with E-state index in [0.717, 1.165) is 11.8 Å². The van der Waals surface area contributed by atoms with Crippen LogP contribution in [-0.2, 0) is 9.53 Å². The molecule has 2 aromatic carbocycles. The molecule has 162 valence electrons. The fourth-order valence-electron chi connectivity index (χ4n) is 2.82. The SMILES string of the molecule is CCOC(=O)C1=C(O)C(=Cc2cc(O)c(OC)c(OC)c2)SC1=Nc1ccc(Cl)cc1. The average Bonchev–Trinajstić information content (AvgIpc) is 3.04. The zero-order chi connectivity index (χ0) is 22.5. The smallest absolute Gasteiger partial charge is 0.344 e. The number of esters is 1. The third kappa shape index (κ3) is 4.98. The molecule has 31 heavy (non-hydrogen) atoms. The highest BCUT2D eigenvalue weighted by molar-refractivity contribution is 8.18. The van der Waals surface area contributed by atoms with Crippen molar-refractivity contribution in [2.45, 2.75) is 6.92 Å². The third-order valence-corrected chi connectivity index (χ3v) is 5.48. The zero-order valence-electron chi connectivity index (χ0n) is 17.0. The van der Waals surface area contributed by atoms with E-state index in [9.17, 15) is 15.0 Å². The molecule has 9 heteroatoms. The standard InChI is InChI=1S/C22H20ClNO6S/c1-4-30-22(27)18-19(26)17(31-21(18)24-14-7-5-13(23)6-8-14)11-12-9-15(25)20(29-3)16(10-12)28-2/h5-11,25-26H,4H2,1-3H3. The molecule has 1 aliphatic rings. The molecule has 0 fully saturated rings. The van der Waals surface area contributed by atoms with Crippen LogP contribution in [0.1, 0.15) is 12.5 Å². The summed E-state index contributed by atoms with van der Waals surface area (Å²) < 4.78 is 15.5. The number of aliphatic hydroxyl groups is 1. The molecule has 1 aliphatic heterocycles. The van der Waals surface area contributed by atoms with Gasteiger partial charge in [0.05, 0.1) is 31.4 Å². The minimum Gasteiger partial charge on any atom is -0.506 e. The first-order valence-electron chi connectivity index (χ1n) is 9.17. The lowest BCUT2D eigenvalue weighted by atomic mass is 10.1. The number of thioether (sulfide) groups is 1. The highest BCUT2D eigenvalue weighted by atomic mass is 35.5. The summed E-state index contributed by atoms with van der Waals surface area (Å²) in [5.74, 6) is -0.549. The summed E-state index contributed by atoms with van der Waals surface area (Å²) in [7, 11) is 2.87. The molecule has 0 bridgehead atoms. The molecule has 1 heterocycles. The molecule has 3 rings (SSSR count). The monoisotopic (exact) mass is 461 g/mol. The maximum Gasteiger partial charge on any atom is 0.344 e. The van der Waals surface area contributed by atoms with Crippen LogP contribution in [0.25, 0.3) is 6.08 Å². The number of hydrogen-bond acceptors (Lipinski definition) is 8. The number of aliphatic imine (C=N–C) groups is 1. The number of rotatable bonds is 6. The van der Waals surface area contributed by atoms with Crippen LogP contribution < -0.4 is 9.47 Å². The van der Waals surface area contributed by atoms with Gasteiger partial charge in [-0.3, -0.25) is 0 Å². The fraction of sp³-hybridized carbons (Fsp3) is 0.182. The molecule has 0 saturated heterocycles. The Hall–Kier alpha value is -3.10. The number of halogens is 1. The van der Waals surface area contributed by atoms with Gasteiger partial charge in [-0.25, -0.2) is 9.79 Å². The van der Waals surface area contributed by atoms with Crippen molar-refractivity contribution in [2.24, 2.45) is 4.99 Å². The van der Waals surface area contributed by atoms with E-state index in [0.29, 0.717) is 26.9 Å². The van der Waals surface area contributed by atoms with Gasteiger partial charge in [-0.05, 0) is 55.0 Å². The lowest BCUT2D eigenvalue weighted by Crippen LogP contribution is -2.12. The second kappa shape index (κ2) is 9.80. The third-order valence-electron chi connectivity index (χ3n) is 4.21. The number of methoxy groups -OCH3 is 2. The van der Waals surface area contributed by atoms with Gasteiger partial charge >= 0.3 is 5.97 Å². The number of carbonyl (C=O) groups excluding carboxylic acids is 1. The molecule has 7 nitrogen and oxygen atoms in total. The summed E-state index contributed by atoms with van der Waals surface area (Å²) in [5.41, 5.74) is 1.06. The number of nitrogens with zero attached hydrogens (tertiary/aromatic N) is 1. The Balaban J connectivity index is 2.06. The van der Waals surface area contributed by atoms with Gasteiger partial charge in [-0.1, -0.05) is 23.4 Å². The van der Waals surface area contributed by atoms with Gasteiger partial charge in [0, 0.05) is 5.02 Å². The predicted octanol–water partition coefficient (Wildman–Crippen LogP) is 5.26. The van der Waals surface area contributed by atoms with E-state index in [1.54, 1.807) is 43.3 Å². The Bertz CT molecular complexity index is 1090. The van der Waals surface area contributed by atoms with Crippen LogP contribution in [0.5, 0.6) is 17.2 Å². The van der Waals surface area contributed by atoms with Crippen molar-refractivity contribution in [1.82, 2.24) is 0 Å². The molecule has 0 aliphatic carbocycles. The Kier molecular flexibility index (Phi) is 7.14. The minimum absolute atomic E-state index is 0.0299. The van der Waals surface area contributed by atoms with Crippen molar-refractivity contribution in [3.05, 3.63) is 63.2 Å². The van der Waals surface area contributed by atoms with E-state index >= 15 is 0 Å². The van der Waals surface area contributed by atoms with E-state index in [4.69, 9.17) is 25.8 Å². The molecule has 2 aromatic rings. The fourth-order valence-corrected chi connectivity index (χ4v) is 3.99. The average molecular weight is 462 g/mol. The van der Waals surface area contributed by atoms with Gasteiger partial charge in [0.25, 0.3) is 0 Å². The Morgan fingerprint density at radius 2 is 1.87 bits per heavy atom. The first-order chi connectivity index (χ1) is 14.9. The zero-order valence-corrected chi connectivity index (χ0v) is 18.6. The Labute approximate surface area is 188 Å². The first kappa shape index (κ1) is 22.6. The molecule has 0 atom stereocenters. The summed E-state index contributed by atoms with van der Waals surface area (Å²) in [4.78, 5) is 17.3. The van der Waals surface area contributed by atoms with Crippen LogP contribution in [-0.4, -0.2) is 42.1 Å². The second-order valence-corrected chi connectivity index (χ2v) is 7.69. The van der Waals surface area contributed by atoms with Crippen LogP contribution >= 0.6 is 23.4 Å². The molecule has 0 saturated carbocycles. The van der Waals surface area contributed by atoms with Crippen molar-refractivity contribution >= 4 is 46.1 Å². The summed E-state index contributed by atoms with van der Waals surface area (Å²) in [6.45, 7) is 1.83. The highest BCUT2D eigenvalue weighted by Gasteiger charge is 2.33. The van der Waals surface area contributed by atoms with E-state index in [2.05, 4.69) is 4.99 Å². The quantitative estimate of drug-likeness (QED) is 0.566. The van der Waals surface area contributed by atoms with Crippen LogP contribution in [0, 0.1) is 0 Å². The number of phenols is 1. The molecule has 0 unspecified atom stereocenters. The predicted molar refractivity (Wildman–Crippen MR) is 122 cm³/mol. The summed E-state index contributed by atoms with van der Waals surface area (Å²) >= 11 is 7.02. The van der Waals surface area contributed by atoms with Crippen molar-refractivity contribution in [3.63, 3.8) is 0 Å². The van der Waals surface area contributed by atoms with Crippen molar-refractivity contribution in [3.8, 4) is 17.2 Å². The molecular formula is C22H20ClNO6S. The Morgan fingerprint density at radius 1 is 1.16 bits per heavy atom. The number of aromatic hydroxyl groups is 1. The van der Waals surface area contributed by atoms with Gasteiger partial charge in [-0.2, -0.15) is 0 Å². The topological polar surface area (TPSA) is 97.6 Å². The summed E-state index contributed by atoms with van der Waals surface area (Å²) in [5, 5.41) is 21.8. The van der Waals surface area contributed by atoms with E-state index in [-0.39, 0.29) is 34.5 Å². The van der Waals surface area contributed by atoms with Crippen LogP contribution in [0.4, 0.5) is 5.69 Å². The van der Waals surface area contributed by atoms with Crippen molar-refractivity contribution < 1.29 is 29.2 Å². The van der Waals surface area contributed by atoms with Gasteiger partial charge < -0.3 is 24.4 Å². The molecule has 0 amide bonds. The maximum absolute atomic E-state index is 12.5. The first-order valence-corrected chi connectivity index (χ1v) is 10.4. The van der Waals surface area contributed by atoms with Gasteiger partial charge in [0.1, 0.15) is 16.4 Å². The highest BCUT2D eigenvalue weighted by Crippen LogP contribution is 2.42. The molecule has 0 aromatic heterocycles. The lowest BCUT2D eigenvalue weighted by molar-refractivity contribution is -0.138. The minimum atomic E-state index is -0.682. The normalized spacial score (nSPS) is 16.1. The summed E-state index contributed by atoms with van der Waals surface area (Å²) in [6.07, 6.45) is 1.60. The number of carbonyl (C=O) groups is 1. The van der Waals surface area contributed by atoms with Gasteiger partial charge in [0.15, 0.2) is 11.5 Å². The number of aliphatic hydroxyl groups excluding tert-OH is 1. The number of hydrogen-bond donors (Lipinski definition) is 2. The molecule has 0 spiro atoms. The molecule has 2 N–H and O–H groups in total. The Morgan fingerprint density at radius 3 is 2.48 bits per heavy atom. The van der Waals surface area contributed by atoms with Crippen molar-refractivity contribution in [2.75, 3.05) is 20.8 Å². The van der Waals surface area contributed by atoms with E-state index in [1.807, 2.05) is 0 Å². The van der Waals surface area contributed by atoms with E-state index in [1.165, 1.54) is 20.3 Å². The van der Waals surface area contributed by atoms with Gasteiger partial charge in [0.2, 0.25) is 5.75 Å². The molecular weight excluding hydrogens is 442 g/mol.